The summed E-state index contributed by atoms with van der Waals surface area (Å²) in [6, 6.07) is 0. The van der Waals surface area contributed by atoms with Crippen molar-refractivity contribution in [3.8, 4) is 23.7 Å². The fourth-order valence-electron chi connectivity index (χ4n) is 1.73. The second-order valence-corrected chi connectivity index (χ2v) is 3.94. The Morgan fingerprint density at radius 1 is 1.53 bits per heavy atom. The van der Waals surface area contributed by atoms with Crippen molar-refractivity contribution in [2.24, 2.45) is 0 Å². The smallest absolute Gasteiger partial charge is 0.231 e. The van der Waals surface area contributed by atoms with Crippen molar-refractivity contribution < 1.29 is 14.6 Å². The first-order valence-corrected chi connectivity index (χ1v) is 5.57. The zero-order valence-corrected chi connectivity index (χ0v) is 9.69. The SMILES string of the molecule is CC#CC#C/C=C1/C=C[C@@]2(CC[C@H](O)CO2)O1. The van der Waals surface area contributed by atoms with Gasteiger partial charge in [0.25, 0.3) is 0 Å². The Morgan fingerprint density at radius 2 is 2.41 bits per heavy atom. The lowest BCUT2D eigenvalue weighted by atomic mass is 10.0. The molecule has 1 saturated heterocycles. The Hall–Kier alpha value is -1.68. The maximum Gasteiger partial charge on any atom is 0.231 e. The molecule has 0 aliphatic carbocycles. The monoisotopic (exact) mass is 230 g/mol. The second kappa shape index (κ2) is 5.10. The molecular formula is C14H14O3. The summed E-state index contributed by atoms with van der Waals surface area (Å²) in [5.74, 6) is 10.8. The Balaban J connectivity index is 1.98. The van der Waals surface area contributed by atoms with E-state index >= 15 is 0 Å². The summed E-state index contributed by atoms with van der Waals surface area (Å²) >= 11 is 0. The van der Waals surface area contributed by atoms with Gasteiger partial charge in [0, 0.05) is 12.5 Å². The van der Waals surface area contributed by atoms with Crippen LogP contribution in [0.1, 0.15) is 19.8 Å². The van der Waals surface area contributed by atoms with Crippen LogP contribution in [0.5, 0.6) is 0 Å². The molecule has 0 aromatic rings. The predicted octanol–water partition coefficient (Wildman–Crippen LogP) is 1.35. The topological polar surface area (TPSA) is 38.7 Å². The molecule has 2 heterocycles. The molecule has 1 fully saturated rings. The number of rotatable bonds is 0. The first kappa shape index (κ1) is 11.8. The number of allylic oxidation sites excluding steroid dienone is 2. The Morgan fingerprint density at radius 3 is 3.12 bits per heavy atom. The molecule has 0 amide bonds. The van der Waals surface area contributed by atoms with Gasteiger partial charge in [-0.3, -0.25) is 0 Å². The van der Waals surface area contributed by atoms with Crippen LogP contribution in [0.4, 0.5) is 0 Å². The Bertz CT molecular complexity index is 457. The Labute approximate surface area is 101 Å². The van der Waals surface area contributed by atoms with E-state index in [0.717, 1.165) is 0 Å². The highest BCUT2D eigenvalue weighted by Crippen LogP contribution is 2.34. The standard InChI is InChI=1S/C14H14O3/c1-2-3-4-5-6-13-8-10-14(17-13)9-7-12(15)11-16-14/h6,8,10,12,15H,7,9,11H2,1H3/b13-6-/t12-,14+/m0/s1. The van der Waals surface area contributed by atoms with Crippen molar-refractivity contribution in [1.82, 2.24) is 0 Å². The van der Waals surface area contributed by atoms with Gasteiger partial charge in [0.1, 0.15) is 5.76 Å². The fourth-order valence-corrected chi connectivity index (χ4v) is 1.73. The largest absolute Gasteiger partial charge is 0.458 e. The third-order valence-corrected chi connectivity index (χ3v) is 2.61. The van der Waals surface area contributed by atoms with Gasteiger partial charge in [-0.2, -0.15) is 0 Å². The van der Waals surface area contributed by atoms with Gasteiger partial charge in [0.15, 0.2) is 0 Å². The van der Waals surface area contributed by atoms with E-state index in [0.29, 0.717) is 25.2 Å². The third kappa shape index (κ3) is 2.91. The van der Waals surface area contributed by atoms with E-state index in [2.05, 4.69) is 23.7 Å². The minimum absolute atomic E-state index is 0.310. The molecule has 3 nitrogen and oxygen atoms in total. The van der Waals surface area contributed by atoms with Crippen LogP contribution in [0.3, 0.4) is 0 Å². The van der Waals surface area contributed by atoms with E-state index in [1.165, 1.54) is 0 Å². The van der Waals surface area contributed by atoms with Gasteiger partial charge in [-0.1, -0.05) is 11.8 Å². The molecule has 0 unspecified atom stereocenters. The Kier molecular flexibility index (Phi) is 3.54. The van der Waals surface area contributed by atoms with E-state index in [1.807, 2.05) is 12.2 Å². The normalized spacial score (nSPS) is 32.6. The first-order chi connectivity index (χ1) is 8.24. The zero-order valence-electron chi connectivity index (χ0n) is 9.69. The number of ether oxygens (including phenoxy) is 2. The molecule has 2 rings (SSSR count). The van der Waals surface area contributed by atoms with E-state index in [-0.39, 0.29) is 6.10 Å². The molecule has 3 heteroatoms. The van der Waals surface area contributed by atoms with Crippen molar-refractivity contribution in [3.63, 3.8) is 0 Å². The number of hydrogen-bond acceptors (Lipinski definition) is 3. The average molecular weight is 230 g/mol. The van der Waals surface area contributed by atoms with Crippen molar-refractivity contribution in [2.45, 2.75) is 31.7 Å². The maximum atomic E-state index is 9.36. The molecule has 88 valence electrons. The van der Waals surface area contributed by atoms with E-state index in [1.54, 1.807) is 13.0 Å². The van der Waals surface area contributed by atoms with Gasteiger partial charge >= 0.3 is 0 Å². The summed E-state index contributed by atoms with van der Waals surface area (Å²) in [5.41, 5.74) is 0. The molecule has 1 N–H and O–H groups in total. The molecule has 0 radical (unpaired) electrons. The summed E-state index contributed by atoms with van der Waals surface area (Å²) < 4.78 is 11.2. The van der Waals surface area contributed by atoms with Gasteiger partial charge in [-0.05, 0) is 37.3 Å². The molecule has 1 spiro atoms. The number of aliphatic hydroxyl groups is 1. The van der Waals surface area contributed by atoms with Crippen LogP contribution in [0, 0.1) is 23.7 Å². The van der Waals surface area contributed by atoms with E-state index in [9.17, 15) is 5.11 Å². The molecule has 0 bridgehead atoms. The zero-order chi connectivity index (χ0) is 12.1. The van der Waals surface area contributed by atoms with Crippen LogP contribution in [-0.2, 0) is 9.47 Å². The van der Waals surface area contributed by atoms with Crippen molar-refractivity contribution in [3.05, 3.63) is 24.0 Å². The molecule has 0 aromatic carbocycles. The molecule has 2 aliphatic rings. The summed E-state index contributed by atoms with van der Waals surface area (Å²) in [5, 5.41) is 9.36. The van der Waals surface area contributed by atoms with Gasteiger partial charge in [0.05, 0.1) is 12.7 Å². The summed E-state index contributed by atoms with van der Waals surface area (Å²) in [6.45, 7) is 2.05. The molecule has 0 saturated carbocycles. The quantitative estimate of drug-likeness (QED) is 0.638. The summed E-state index contributed by atoms with van der Waals surface area (Å²) in [7, 11) is 0. The van der Waals surface area contributed by atoms with E-state index in [4.69, 9.17) is 9.47 Å². The minimum Gasteiger partial charge on any atom is -0.458 e. The van der Waals surface area contributed by atoms with Gasteiger partial charge < -0.3 is 14.6 Å². The first-order valence-electron chi connectivity index (χ1n) is 5.57. The highest BCUT2D eigenvalue weighted by Gasteiger charge is 2.39. The van der Waals surface area contributed by atoms with Crippen LogP contribution in [0.15, 0.2) is 24.0 Å². The third-order valence-electron chi connectivity index (χ3n) is 2.61. The van der Waals surface area contributed by atoms with Crippen LogP contribution in [0.2, 0.25) is 0 Å². The van der Waals surface area contributed by atoms with Crippen molar-refractivity contribution in [2.75, 3.05) is 6.61 Å². The predicted molar refractivity (Wildman–Crippen MR) is 63.5 cm³/mol. The lowest BCUT2D eigenvalue weighted by Crippen LogP contribution is -2.39. The van der Waals surface area contributed by atoms with E-state index < -0.39 is 5.79 Å². The number of hydrogen-bond donors (Lipinski definition) is 1. The van der Waals surface area contributed by atoms with Gasteiger partial charge in [-0.25, -0.2) is 0 Å². The minimum atomic E-state index is -0.691. The highest BCUT2D eigenvalue weighted by molar-refractivity contribution is 5.35. The van der Waals surface area contributed by atoms with Crippen molar-refractivity contribution in [1.29, 1.82) is 0 Å². The molecular weight excluding hydrogens is 216 g/mol. The summed E-state index contributed by atoms with van der Waals surface area (Å²) in [6.07, 6.45) is 6.34. The van der Waals surface area contributed by atoms with Crippen LogP contribution in [0.25, 0.3) is 0 Å². The fraction of sp³-hybridized carbons (Fsp3) is 0.429. The molecule has 0 aromatic heterocycles. The lowest BCUT2D eigenvalue weighted by molar-refractivity contribution is -0.214. The molecule has 2 aliphatic heterocycles. The molecule has 17 heavy (non-hydrogen) atoms. The van der Waals surface area contributed by atoms with Crippen LogP contribution >= 0.6 is 0 Å². The van der Waals surface area contributed by atoms with Crippen LogP contribution in [-0.4, -0.2) is 23.6 Å². The molecule has 2 atom stereocenters. The lowest BCUT2D eigenvalue weighted by Gasteiger charge is -2.33. The van der Waals surface area contributed by atoms with Crippen LogP contribution < -0.4 is 0 Å². The number of aliphatic hydroxyl groups excluding tert-OH is 1. The average Bonchev–Trinajstić information content (AvgIpc) is 2.73. The second-order valence-electron chi connectivity index (χ2n) is 3.94. The summed E-state index contributed by atoms with van der Waals surface area (Å²) in [4.78, 5) is 0. The van der Waals surface area contributed by atoms with Gasteiger partial charge in [0.2, 0.25) is 5.79 Å². The van der Waals surface area contributed by atoms with Gasteiger partial charge in [-0.15, -0.1) is 0 Å². The van der Waals surface area contributed by atoms with Crippen molar-refractivity contribution >= 4 is 0 Å². The highest BCUT2D eigenvalue weighted by atomic mass is 16.7. The maximum absolute atomic E-state index is 9.36.